The van der Waals surface area contributed by atoms with Gasteiger partial charge in [0.05, 0.1) is 0 Å². The molecule has 0 radical (unpaired) electrons. The Kier molecular flexibility index (Phi) is 7.01. The normalized spacial score (nSPS) is 10.2. The lowest BCUT2D eigenvalue weighted by atomic mass is 10.1. The molecule has 0 aliphatic carbocycles. The Morgan fingerprint density at radius 3 is 2.24 bits per heavy atom. The summed E-state index contributed by atoms with van der Waals surface area (Å²) < 4.78 is 5.42. The number of amides is 2. The van der Waals surface area contributed by atoms with Crippen LogP contribution in [0.25, 0.3) is 0 Å². The SMILES string of the molecule is CCc1ccc(CCC(=O)NNC(=O)COc2ccccc2C)cc1. The second-order valence-electron chi connectivity index (χ2n) is 5.82. The van der Waals surface area contributed by atoms with Crippen LogP contribution in [0.15, 0.2) is 48.5 Å². The van der Waals surface area contributed by atoms with Crippen molar-refractivity contribution in [1.29, 1.82) is 0 Å². The van der Waals surface area contributed by atoms with Gasteiger partial charge in [-0.2, -0.15) is 0 Å². The summed E-state index contributed by atoms with van der Waals surface area (Å²) in [6, 6.07) is 15.6. The second-order valence-corrected chi connectivity index (χ2v) is 5.82. The first kappa shape index (κ1) is 18.5. The number of carbonyl (C=O) groups excluding carboxylic acids is 2. The van der Waals surface area contributed by atoms with Gasteiger partial charge in [-0.1, -0.05) is 49.4 Å². The highest BCUT2D eigenvalue weighted by Gasteiger charge is 2.07. The zero-order valence-corrected chi connectivity index (χ0v) is 14.7. The fourth-order valence-corrected chi connectivity index (χ4v) is 2.30. The molecular formula is C20H24N2O3. The lowest BCUT2D eigenvalue weighted by Crippen LogP contribution is -2.43. The Morgan fingerprint density at radius 2 is 1.56 bits per heavy atom. The highest BCUT2D eigenvalue weighted by atomic mass is 16.5. The van der Waals surface area contributed by atoms with Gasteiger partial charge in [-0.15, -0.1) is 0 Å². The molecule has 0 atom stereocenters. The van der Waals surface area contributed by atoms with Gasteiger partial charge in [0.2, 0.25) is 5.91 Å². The van der Waals surface area contributed by atoms with E-state index in [1.807, 2.05) is 37.3 Å². The molecule has 2 amide bonds. The van der Waals surface area contributed by atoms with Crippen molar-refractivity contribution in [2.75, 3.05) is 6.61 Å². The maximum absolute atomic E-state index is 11.8. The highest BCUT2D eigenvalue weighted by molar-refractivity contribution is 5.82. The molecule has 5 heteroatoms. The Morgan fingerprint density at radius 1 is 0.920 bits per heavy atom. The van der Waals surface area contributed by atoms with Crippen molar-refractivity contribution in [2.24, 2.45) is 0 Å². The van der Waals surface area contributed by atoms with Gasteiger partial charge >= 0.3 is 0 Å². The van der Waals surface area contributed by atoms with Crippen LogP contribution in [0.2, 0.25) is 0 Å². The quantitative estimate of drug-likeness (QED) is 0.762. The Labute approximate surface area is 148 Å². The molecule has 0 unspecified atom stereocenters. The largest absolute Gasteiger partial charge is 0.483 e. The van der Waals surface area contributed by atoms with Crippen LogP contribution in [-0.4, -0.2) is 18.4 Å². The lowest BCUT2D eigenvalue weighted by molar-refractivity contribution is -0.130. The number of ether oxygens (including phenoxy) is 1. The minimum atomic E-state index is -0.399. The summed E-state index contributed by atoms with van der Waals surface area (Å²) in [4.78, 5) is 23.5. The van der Waals surface area contributed by atoms with Crippen LogP contribution in [0.3, 0.4) is 0 Å². The first-order chi connectivity index (χ1) is 12.1. The molecule has 2 aromatic rings. The molecule has 2 N–H and O–H groups in total. The summed E-state index contributed by atoms with van der Waals surface area (Å²) in [5, 5.41) is 0. The first-order valence-electron chi connectivity index (χ1n) is 8.42. The minimum Gasteiger partial charge on any atom is -0.483 e. The average Bonchev–Trinajstić information content (AvgIpc) is 2.64. The van der Waals surface area contributed by atoms with E-state index in [0.29, 0.717) is 18.6 Å². The number of para-hydroxylation sites is 1. The molecule has 2 rings (SSSR count). The van der Waals surface area contributed by atoms with E-state index >= 15 is 0 Å². The summed E-state index contributed by atoms with van der Waals surface area (Å²) in [6.45, 7) is 3.86. The maximum Gasteiger partial charge on any atom is 0.276 e. The van der Waals surface area contributed by atoms with Crippen LogP contribution >= 0.6 is 0 Å². The molecule has 0 saturated heterocycles. The Hall–Kier alpha value is -2.82. The zero-order chi connectivity index (χ0) is 18.1. The molecule has 0 spiro atoms. The number of carbonyl (C=O) groups is 2. The summed E-state index contributed by atoms with van der Waals surface area (Å²) >= 11 is 0. The minimum absolute atomic E-state index is 0.149. The molecule has 0 fully saturated rings. The van der Waals surface area contributed by atoms with Crippen LogP contribution in [0.5, 0.6) is 5.75 Å². The smallest absolute Gasteiger partial charge is 0.276 e. The fraction of sp³-hybridized carbons (Fsp3) is 0.300. The molecular weight excluding hydrogens is 316 g/mol. The maximum atomic E-state index is 11.8. The summed E-state index contributed by atoms with van der Waals surface area (Å²) in [5.41, 5.74) is 8.09. The molecule has 0 aliphatic rings. The molecule has 0 saturated carbocycles. The van der Waals surface area contributed by atoms with Gasteiger partial charge in [0, 0.05) is 6.42 Å². The van der Waals surface area contributed by atoms with Crippen molar-refractivity contribution < 1.29 is 14.3 Å². The number of hydrogen-bond acceptors (Lipinski definition) is 3. The molecule has 25 heavy (non-hydrogen) atoms. The number of benzene rings is 2. The van der Waals surface area contributed by atoms with Gasteiger partial charge in [-0.3, -0.25) is 20.4 Å². The lowest BCUT2D eigenvalue weighted by Gasteiger charge is -2.10. The molecule has 2 aromatic carbocycles. The molecule has 0 aliphatic heterocycles. The zero-order valence-electron chi connectivity index (χ0n) is 14.7. The Balaban J connectivity index is 1.66. The predicted octanol–water partition coefficient (Wildman–Crippen LogP) is 2.72. The summed E-state index contributed by atoms with van der Waals surface area (Å²) in [7, 11) is 0. The molecule has 0 aromatic heterocycles. The summed E-state index contributed by atoms with van der Waals surface area (Å²) in [6.07, 6.45) is 1.94. The summed E-state index contributed by atoms with van der Waals surface area (Å²) in [5.74, 6) is 0.0206. The van der Waals surface area contributed by atoms with Crippen molar-refractivity contribution in [3.8, 4) is 5.75 Å². The van der Waals surface area contributed by atoms with Crippen LogP contribution in [0, 0.1) is 6.92 Å². The van der Waals surface area contributed by atoms with Crippen LogP contribution in [0.1, 0.15) is 30.0 Å². The predicted molar refractivity (Wildman–Crippen MR) is 97.1 cm³/mol. The van der Waals surface area contributed by atoms with E-state index < -0.39 is 5.91 Å². The van der Waals surface area contributed by atoms with E-state index in [0.717, 1.165) is 17.5 Å². The van der Waals surface area contributed by atoms with E-state index in [-0.39, 0.29) is 12.5 Å². The van der Waals surface area contributed by atoms with Crippen molar-refractivity contribution in [2.45, 2.75) is 33.1 Å². The third-order valence-corrected chi connectivity index (χ3v) is 3.87. The Bertz CT molecular complexity index is 711. The van der Waals surface area contributed by atoms with Crippen LogP contribution in [0.4, 0.5) is 0 Å². The number of rotatable bonds is 7. The van der Waals surface area contributed by atoms with Crippen molar-refractivity contribution >= 4 is 11.8 Å². The average molecular weight is 340 g/mol. The van der Waals surface area contributed by atoms with Gasteiger partial charge in [0.15, 0.2) is 6.61 Å². The monoisotopic (exact) mass is 340 g/mol. The molecule has 5 nitrogen and oxygen atoms in total. The van der Waals surface area contributed by atoms with E-state index in [9.17, 15) is 9.59 Å². The highest BCUT2D eigenvalue weighted by Crippen LogP contribution is 2.15. The molecule has 132 valence electrons. The van der Waals surface area contributed by atoms with E-state index in [2.05, 4.69) is 29.9 Å². The van der Waals surface area contributed by atoms with Gasteiger partial charge < -0.3 is 4.74 Å². The van der Waals surface area contributed by atoms with Crippen molar-refractivity contribution in [3.05, 3.63) is 65.2 Å². The first-order valence-corrected chi connectivity index (χ1v) is 8.42. The number of aryl methyl sites for hydroxylation is 3. The standard InChI is InChI=1S/C20H24N2O3/c1-3-16-8-10-17(11-9-16)12-13-19(23)21-22-20(24)14-25-18-7-5-4-6-15(18)2/h4-11H,3,12-14H2,1-2H3,(H,21,23)(H,22,24). The van der Waals surface area contributed by atoms with Gasteiger partial charge in [0.1, 0.15) is 5.75 Å². The number of hydrogen-bond donors (Lipinski definition) is 2. The van der Waals surface area contributed by atoms with Crippen LogP contribution in [-0.2, 0) is 22.4 Å². The van der Waals surface area contributed by atoms with E-state index in [4.69, 9.17) is 4.74 Å². The number of nitrogens with one attached hydrogen (secondary N) is 2. The van der Waals surface area contributed by atoms with Crippen molar-refractivity contribution in [3.63, 3.8) is 0 Å². The molecule has 0 heterocycles. The van der Waals surface area contributed by atoms with Crippen LogP contribution < -0.4 is 15.6 Å². The van der Waals surface area contributed by atoms with Crippen molar-refractivity contribution in [1.82, 2.24) is 10.9 Å². The van der Waals surface area contributed by atoms with E-state index in [1.165, 1.54) is 5.56 Å². The second kappa shape index (κ2) is 9.47. The number of hydrazine groups is 1. The fourth-order valence-electron chi connectivity index (χ4n) is 2.30. The third-order valence-electron chi connectivity index (χ3n) is 3.87. The van der Waals surface area contributed by atoms with Gasteiger partial charge in [0.25, 0.3) is 5.91 Å². The van der Waals surface area contributed by atoms with E-state index in [1.54, 1.807) is 6.07 Å². The van der Waals surface area contributed by atoms with Gasteiger partial charge in [-0.05, 0) is 42.5 Å². The molecule has 0 bridgehead atoms. The third kappa shape index (κ3) is 6.30. The van der Waals surface area contributed by atoms with Gasteiger partial charge in [-0.25, -0.2) is 0 Å². The topological polar surface area (TPSA) is 67.4 Å².